The van der Waals surface area contributed by atoms with E-state index in [1.165, 1.54) is 12.1 Å². The van der Waals surface area contributed by atoms with Gasteiger partial charge in [0.15, 0.2) is 0 Å². The van der Waals surface area contributed by atoms with E-state index in [9.17, 15) is 13.2 Å². The second-order valence-electron chi connectivity index (χ2n) is 2.99. The van der Waals surface area contributed by atoms with E-state index in [2.05, 4.69) is 0 Å². The number of benzene rings is 1. The van der Waals surface area contributed by atoms with Crippen LogP contribution in [0.25, 0.3) is 0 Å². The Labute approximate surface area is 80.2 Å². The van der Waals surface area contributed by atoms with Gasteiger partial charge in [0, 0.05) is 0 Å². The number of hydrogen-bond donors (Lipinski definition) is 1. The highest BCUT2D eigenvalue weighted by atomic mass is 19.3. The summed E-state index contributed by atoms with van der Waals surface area (Å²) < 4.78 is 39.3. The quantitative estimate of drug-likeness (QED) is 0.801. The third kappa shape index (κ3) is 1.90. The van der Waals surface area contributed by atoms with Gasteiger partial charge in [0.2, 0.25) is 0 Å². The first-order valence-corrected chi connectivity index (χ1v) is 4.29. The molecular weight excluding hydrogens is 193 g/mol. The molecule has 0 heterocycles. The minimum atomic E-state index is -3.50. The van der Waals surface area contributed by atoms with Crippen molar-refractivity contribution in [3.05, 3.63) is 35.1 Å². The zero-order valence-electron chi connectivity index (χ0n) is 7.73. The summed E-state index contributed by atoms with van der Waals surface area (Å²) in [5.41, 5.74) is -0.505. The maximum absolute atomic E-state index is 13.4. The SMILES string of the molecule is CCc1cccc(C(F)(F)CO)c1F. The number of aliphatic hydroxyl groups excluding tert-OH is 1. The van der Waals surface area contributed by atoms with Crippen LogP contribution < -0.4 is 0 Å². The molecule has 0 saturated heterocycles. The highest BCUT2D eigenvalue weighted by molar-refractivity contribution is 5.29. The Morgan fingerprint density at radius 2 is 2.00 bits per heavy atom. The first-order valence-electron chi connectivity index (χ1n) is 4.29. The van der Waals surface area contributed by atoms with E-state index in [0.717, 1.165) is 6.07 Å². The molecule has 0 bridgehead atoms. The van der Waals surface area contributed by atoms with E-state index in [1.54, 1.807) is 6.92 Å². The average molecular weight is 204 g/mol. The van der Waals surface area contributed by atoms with Crippen molar-refractivity contribution >= 4 is 0 Å². The van der Waals surface area contributed by atoms with Crippen LogP contribution >= 0.6 is 0 Å². The van der Waals surface area contributed by atoms with E-state index in [1.807, 2.05) is 0 Å². The molecule has 1 aromatic rings. The van der Waals surface area contributed by atoms with Crippen LogP contribution in [0.15, 0.2) is 18.2 Å². The summed E-state index contributed by atoms with van der Waals surface area (Å²) in [6.07, 6.45) is 0.348. The van der Waals surface area contributed by atoms with Crippen molar-refractivity contribution in [3.8, 4) is 0 Å². The fourth-order valence-electron chi connectivity index (χ4n) is 1.22. The topological polar surface area (TPSA) is 20.2 Å². The van der Waals surface area contributed by atoms with Gasteiger partial charge in [-0.05, 0) is 18.1 Å². The van der Waals surface area contributed by atoms with Crippen molar-refractivity contribution in [1.82, 2.24) is 0 Å². The van der Waals surface area contributed by atoms with E-state index in [4.69, 9.17) is 5.11 Å². The first kappa shape index (κ1) is 11.0. The molecule has 0 radical (unpaired) electrons. The van der Waals surface area contributed by atoms with Gasteiger partial charge in [-0.3, -0.25) is 0 Å². The Kier molecular flexibility index (Phi) is 3.16. The molecule has 78 valence electrons. The molecule has 0 spiro atoms. The molecule has 1 rings (SSSR count). The lowest BCUT2D eigenvalue weighted by atomic mass is 10.0. The van der Waals surface area contributed by atoms with Gasteiger partial charge in [-0.1, -0.05) is 19.1 Å². The molecule has 1 N–H and O–H groups in total. The Morgan fingerprint density at radius 3 is 2.50 bits per heavy atom. The van der Waals surface area contributed by atoms with Crippen molar-refractivity contribution in [3.63, 3.8) is 0 Å². The molecule has 1 nitrogen and oxygen atoms in total. The number of hydrogen-bond acceptors (Lipinski definition) is 1. The maximum Gasteiger partial charge on any atom is 0.298 e. The average Bonchev–Trinajstić information content (AvgIpc) is 2.18. The van der Waals surface area contributed by atoms with E-state index >= 15 is 0 Å². The largest absolute Gasteiger partial charge is 0.390 e. The van der Waals surface area contributed by atoms with E-state index in [-0.39, 0.29) is 5.56 Å². The van der Waals surface area contributed by atoms with E-state index < -0.39 is 23.9 Å². The monoisotopic (exact) mass is 204 g/mol. The Bertz CT molecular complexity index is 323. The molecule has 0 aliphatic rings. The lowest BCUT2D eigenvalue weighted by Gasteiger charge is -2.15. The van der Waals surface area contributed by atoms with E-state index in [0.29, 0.717) is 6.42 Å². The lowest BCUT2D eigenvalue weighted by molar-refractivity contribution is -0.0583. The molecule has 0 aliphatic carbocycles. The van der Waals surface area contributed by atoms with Crippen LogP contribution in [0.3, 0.4) is 0 Å². The number of aryl methyl sites for hydroxylation is 1. The minimum Gasteiger partial charge on any atom is -0.390 e. The molecular formula is C10H11F3O. The van der Waals surface area contributed by atoms with Gasteiger partial charge in [0.05, 0.1) is 5.56 Å². The maximum atomic E-state index is 13.4. The number of alkyl halides is 2. The van der Waals surface area contributed by atoms with Crippen molar-refractivity contribution < 1.29 is 18.3 Å². The molecule has 0 amide bonds. The van der Waals surface area contributed by atoms with Crippen LogP contribution in [-0.4, -0.2) is 11.7 Å². The molecule has 0 saturated carbocycles. The molecule has 0 aliphatic heterocycles. The Balaban J connectivity index is 3.22. The summed E-state index contributed by atoms with van der Waals surface area (Å²) in [5, 5.41) is 8.42. The van der Waals surface area contributed by atoms with Crippen LogP contribution in [-0.2, 0) is 12.3 Å². The third-order valence-corrected chi connectivity index (χ3v) is 2.05. The lowest BCUT2D eigenvalue weighted by Crippen LogP contribution is -2.20. The third-order valence-electron chi connectivity index (χ3n) is 2.05. The van der Waals surface area contributed by atoms with Crippen LogP contribution in [0.1, 0.15) is 18.1 Å². The second kappa shape index (κ2) is 4.00. The number of halogens is 3. The van der Waals surface area contributed by atoms with Gasteiger partial charge >= 0.3 is 0 Å². The fourth-order valence-corrected chi connectivity index (χ4v) is 1.22. The van der Waals surface area contributed by atoms with Gasteiger partial charge in [0.1, 0.15) is 12.4 Å². The molecule has 0 fully saturated rings. The van der Waals surface area contributed by atoms with Crippen molar-refractivity contribution in [1.29, 1.82) is 0 Å². The highest BCUT2D eigenvalue weighted by Crippen LogP contribution is 2.30. The highest BCUT2D eigenvalue weighted by Gasteiger charge is 2.34. The van der Waals surface area contributed by atoms with Gasteiger partial charge in [0.25, 0.3) is 5.92 Å². The summed E-state index contributed by atoms with van der Waals surface area (Å²) in [6, 6.07) is 3.80. The summed E-state index contributed by atoms with van der Waals surface area (Å²) in [6.45, 7) is 0.302. The summed E-state index contributed by atoms with van der Waals surface area (Å²) in [4.78, 5) is 0. The Morgan fingerprint density at radius 1 is 1.36 bits per heavy atom. The van der Waals surface area contributed by atoms with Gasteiger partial charge in [-0.2, -0.15) is 8.78 Å². The zero-order chi connectivity index (χ0) is 10.8. The molecule has 0 unspecified atom stereocenters. The van der Waals surface area contributed by atoms with Crippen molar-refractivity contribution in [2.75, 3.05) is 6.61 Å². The van der Waals surface area contributed by atoms with Crippen molar-refractivity contribution in [2.45, 2.75) is 19.3 Å². The number of aliphatic hydroxyl groups is 1. The molecule has 1 aromatic carbocycles. The smallest absolute Gasteiger partial charge is 0.298 e. The molecule has 14 heavy (non-hydrogen) atoms. The first-order chi connectivity index (χ1) is 6.53. The van der Waals surface area contributed by atoms with Crippen LogP contribution in [0, 0.1) is 5.82 Å². The van der Waals surface area contributed by atoms with Crippen molar-refractivity contribution in [2.24, 2.45) is 0 Å². The van der Waals surface area contributed by atoms with Crippen LogP contribution in [0.2, 0.25) is 0 Å². The number of rotatable bonds is 3. The fraction of sp³-hybridized carbons (Fsp3) is 0.400. The summed E-state index contributed by atoms with van der Waals surface area (Å²) in [7, 11) is 0. The zero-order valence-corrected chi connectivity index (χ0v) is 7.73. The summed E-state index contributed by atoms with van der Waals surface area (Å²) >= 11 is 0. The molecule has 0 aromatic heterocycles. The minimum absolute atomic E-state index is 0.232. The van der Waals surface area contributed by atoms with Crippen LogP contribution in [0.5, 0.6) is 0 Å². The molecule has 0 atom stereocenters. The standard InChI is InChI=1S/C10H11F3O/c1-2-7-4-3-5-8(9(7)11)10(12,13)6-14/h3-5,14H,2,6H2,1H3. The normalized spacial score (nSPS) is 11.8. The van der Waals surface area contributed by atoms with Gasteiger partial charge in [-0.15, -0.1) is 0 Å². The second-order valence-corrected chi connectivity index (χ2v) is 2.99. The predicted molar refractivity (Wildman–Crippen MR) is 46.8 cm³/mol. The van der Waals surface area contributed by atoms with Gasteiger partial charge in [-0.25, -0.2) is 4.39 Å². The van der Waals surface area contributed by atoms with Crippen LogP contribution in [0.4, 0.5) is 13.2 Å². The predicted octanol–water partition coefficient (Wildman–Crippen LogP) is 2.47. The van der Waals surface area contributed by atoms with Gasteiger partial charge < -0.3 is 5.11 Å². The Hall–Kier alpha value is -1.03. The summed E-state index contributed by atoms with van der Waals surface area (Å²) in [5.74, 6) is -4.43. The molecule has 4 heteroatoms.